The van der Waals surface area contributed by atoms with Crippen LogP contribution in [0.2, 0.25) is 0 Å². The second-order valence-corrected chi connectivity index (χ2v) is 7.26. The van der Waals surface area contributed by atoms with Crippen molar-refractivity contribution in [2.45, 2.75) is 13.5 Å². The molecule has 1 amide bonds. The summed E-state index contributed by atoms with van der Waals surface area (Å²) in [6.45, 7) is 2.52. The Labute approximate surface area is 171 Å². The van der Waals surface area contributed by atoms with E-state index in [4.69, 9.17) is 9.15 Å². The molecule has 3 rings (SSSR count). The molecule has 0 bridgehead atoms. The van der Waals surface area contributed by atoms with Crippen LogP contribution in [0.4, 0.5) is 9.39 Å². The van der Waals surface area contributed by atoms with Crippen molar-refractivity contribution >= 4 is 28.2 Å². The van der Waals surface area contributed by atoms with E-state index in [2.05, 4.69) is 5.32 Å². The molecule has 0 atom stereocenters. The molecule has 2 aromatic heterocycles. The van der Waals surface area contributed by atoms with Crippen LogP contribution in [0.5, 0.6) is 0 Å². The molecule has 6 nitrogen and oxygen atoms in total. The molecule has 0 unspecified atom stereocenters. The number of hydrogen-bond acceptors (Lipinski definition) is 6. The first-order valence-electron chi connectivity index (χ1n) is 9.03. The number of thiophene rings is 1. The molecule has 152 valence electrons. The van der Waals surface area contributed by atoms with E-state index in [1.54, 1.807) is 48.7 Å². The summed E-state index contributed by atoms with van der Waals surface area (Å²) in [6.07, 6.45) is 1.58. The molecule has 0 aliphatic heterocycles. The first kappa shape index (κ1) is 20.8. The van der Waals surface area contributed by atoms with Crippen LogP contribution in [0, 0.1) is 5.82 Å². The standard InChI is InChI=1S/C21H21FN2O4S/c1-3-27-21(26)19-17(14-6-8-15(22)9-7-14)13-29-20(19)23-18(25)12-24(2)11-16-5-4-10-28-16/h4-10,13H,3,11-12H2,1-2H3,(H,23,25). The van der Waals surface area contributed by atoms with Crippen LogP contribution in [-0.4, -0.2) is 37.0 Å². The maximum absolute atomic E-state index is 13.3. The van der Waals surface area contributed by atoms with Gasteiger partial charge in [-0.15, -0.1) is 11.3 Å². The first-order chi connectivity index (χ1) is 14.0. The summed E-state index contributed by atoms with van der Waals surface area (Å²) < 4.78 is 23.7. The van der Waals surface area contributed by atoms with Gasteiger partial charge in [0.2, 0.25) is 5.91 Å². The van der Waals surface area contributed by atoms with Crippen LogP contribution in [0.25, 0.3) is 11.1 Å². The number of hydrogen-bond donors (Lipinski definition) is 1. The lowest BCUT2D eigenvalue weighted by atomic mass is 10.0. The van der Waals surface area contributed by atoms with Crippen molar-refractivity contribution in [3.8, 4) is 11.1 Å². The van der Waals surface area contributed by atoms with Gasteiger partial charge in [0.1, 0.15) is 22.1 Å². The molecule has 1 N–H and O–H groups in total. The van der Waals surface area contributed by atoms with Crippen molar-refractivity contribution in [1.29, 1.82) is 0 Å². The molecule has 8 heteroatoms. The van der Waals surface area contributed by atoms with Crippen molar-refractivity contribution in [2.24, 2.45) is 0 Å². The van der Waals surface area contributed by atoms with E-state index in [-0.39, 0.29) is 30.4 Å². The van der Waals surface area contributed by atoms with E-state index in [9.17, 15) is 14.0 Å². The Kier molecular flexibility index (Phi) is 6.79. The Morgan fingerprint density at radius 3 is 2.66 bits per heavy atom. The van der Waals surface area contributed by atoms with Gasteiger partial charge in [0, 0.05) is 10.9 Å². The number of amides is 1. The zero-order chi connectivity index (χ0) is 20.8. The van der Waals surface area contributed by atoms with Gasteiger partial charge < -0.3 is 14.5 Å². The van der Waals surface area contributed by atoms with Crippen molar-refractivity contribution in [3.05, 3.63) is 65.2 Å². The molecule has 1 aromatic carbocycles. The second-order valence-electron chi connectivity index (χ2n) is 6.38. The molecule has 29 heavy (non-hydrogen) atoms. The number of benzene rings is 1. The molecule has 0 fully saturated rings. The number of ether oxygens (including phenoxy) is 1. The van der Waals surface area contributed by atoms with E-state index in [0.29, 0.717) is 22.7 Å². The Hall–Kier alpha value is -2.97. The molecular formula is C21H21FN2O4S. The third kappa shape index (κ3) is 5.30. The molecule has 3 aromatic rings. The quantitative estimate of drug-likeness (QED) is 0.551. The number of furan rings is 1. The fourth-order valence-electron chi connectivity index (χ4n) is 2.83. The maximum Gasteiger partial charge on any atom is 0.341 e. The predicted octanol–water partition coefficient (Wildman–Crippen LogP) is 4.39. The lowest BCUT2D eigenvalue weighted by Crippen LogP contribution is -2.30. The highest BCUT2D eigenvalue weighted by atomic mass is 32.1. The van der Waals surface area contributed by atoms with Crippen LogP contribution in [0.3, 0.4) is 0 Å². The number of anilines is 1. The lowest BCUT2D eigenvalue weighted by molar-refractivity contribution is -0.117. The first-order valence-corrected chi connectivity index (χ1v) is 9.91. The largest absolute Gasteiger partial charge is 0.468 e. The Morgan fingerprint density at radius 2 is 2.00 bits per heavy atom. The minimum atomic E-state index is -0.535. The minimum Gasteiger partial charge on any atom is -0.468 e. The number of nitrogens with zero attached hydrogens (tertiary/aromatic N) is 1. The zero-order valence-corrected chi connectivity index (χ0v) is 16.9. The molecule has 0 spiro atoms. The lowest BCUT2D eigenvalue weighted by Gasteiger charge is -2.15. The van der Waals surface area contributed by atoms with Gasteiger partial charge in [0.15, 0.2) is 0 Å². The highest BCUT2D eigenvalue weighted by molar-refractivity contribution is 7.15. The molecule has 0 aliphatic rings. The Balaban J connectivity index is 1.78. The SMILES string of the molecule is CCOC(=O)c1c(-c2ccc(F)cc2)csc1NC(=O)CN(C)Cc1ccco1. The molecular weight excluding hydrogens is 395 g/mol. The van der Waals surface area contributed by atoms with Crippen molar-refractivity contribution in [2.75, 3.05) is 25.5 Å². The number of carbonyl (C=O) groups excluding carboxylic acids is 2. The summed E-state index contributed by atoms with van der Waals surface area (Å²) in [6, 6.07) is 9.44. The van der Waals surface area contributed by atoms with Crippen molar-refractivity contribution < 1.29 is 23.1 Å². The van der Waals surface area contributed by atoms with E-state index >= 15 is 0 Å². The van der Waals surface area contributed by atoms with Gasteiger partial charge in [-0.3, -0.25) is 9.69 Å². The van der Waals surface area contributed by atoms with Crippen LogP contribution in [0.1, 0.15) is 23.0 Å². The third-order valence-corrected chi connectivity index (χ3v) is 4.99. The molecule has 0 saturated heterocycles. The monoisotopic (exact) mass is 416 g/mol. The van der Waals surface area contributed by atoms with Gasteiger partial charge in [0.05, 0.1) is 26.0 Å². The van der Waals surface area contributed by atoms with Crippen LogP contribution >= 0.6 is 11.3 Å². The second kappa shape index (κ2) is 9.49. The van der Waals surface area contributed by atoms with Gasteiger partial charge in [-0.05, 0) is 43.8 Å². The summed E-state index contributed by atoms with van der Waals surface area (Å²) >= 11 is 1.23. The number of carbonyl (C=O) groups is 2. The maximum atomic E-state index is 13.3. The average molecular weight is 416 g/mol. The summed E-state index contributed by atoms with van der Waals surface area (Å²) in [5, 5.41) is 4.95. The summed E-state index contributed by atoms with van der Waals surface area (Å²) in [7, 11) is 1.80. The number of esters is 1. The Bertz CT molecular complexity index is 967. The number of likely N-dealkylation sites (N-methyl/N-ethyl adjacent to an activating group) is 1. The topological polar surface area (TPSA) is 71.8 Å². The van der Waals surface area contributed by atoms with E-state index < -0.39 is 5.97 Å². The van der Waals surface area contributed by atoms with Gasteiger partial charge in [0.25, 0.3) is 0 Å². The van der Waals surface area contributed by atoms with E-state index in [1.807, 2.05) is 6.07 Å². The van der Waals surface area contributed by atoms with E-state index in [0.717, 1.165) is 5.76 Å². The highest BCUT2D eigenvalue weighted by Gasteiger charge is 2.23. The van der Waals surface area contributed by atoms with Crippen LogP contribution in [0.15, 0.2) is 52.5 Å². The molecule has 2 heterocycles. The van der Waals surface area contributed by atoms with Crippen molar-refractivity contribution in [1.82, 2.24) is 4.90 Å². The van der Waals surface area contributed by atoms with Crippen LogP contribution < -0.4 is 5.32 Å². The minimum absolute atomic E-state index is 0.118. The summed E-state index contributed by atoms with van der Waals surface area (Å²) in [5.41, 5.74) is 1.53. The van der Waals surface area contributed by atoms with E-state index in [1.165, 1.54) is 23.5 Å². The van der Waals surface area contributed by atoms with Gasteiger partial charge in [-0.1, -0.05) is 12.1 Å². The third-order valence-electron chi connectivity index (χ3n) is 4.10. The average Bonchev–Trinajstić information content (AvgIpc) is 3.32. The van der Waals surface area contributed by atoms with Crippen LogP contribution in [-0.2, 0) is 16.1 Å². The molecule has 0 radical (unpaired) electrons. The van der Waals surface area contributed by atoms with Gasteiger partial charge in [-0.2, -0.15) is 0 Å². The van der Waals surface area contributed by atoms with Gasteiger partial charge >= 0.3 is 5.97 Å². The Morgan fingerprint density at radius 1 is 1.24 bits per heavy atom. The normalized spacial score (nSPS) is 10.9. The zero-order valence-electron chi connectivity index (χ0n) is 16.1. The smallest absolute Gasteiger partial charge is 0.341 e. The number of nitrogens with one attached hydrogen (secondary N) is 1. The number of rotatable bonds is 8. The fourth-order valence-corrected chi connectivity index (χ4v) is 3.81. The van der Waals surface area contributed by atoms with Crippen molar-refractivity contribution in [3.63, 3.8) is 0 Å². The number of halogens is 1. The highest BCUT2D eigenvalue weighted by Crippen LogP contribution is 2.36. The molecule has 0 aliphatic carbocycles. The fraction of sp³-hybridized carbons (Fsp3) is 0.238. The summed E-state index contributed by atoms with van der Waals surface area (Å²) in [5.74, 6) is -0.415. The molecule has 0 saturated carbocycles. The summed E-state index contributed by atoms with van der Waals surface area (Å²) in [4.78, 5) is 26.8. The predicted molar refractivity (Wildman–Crippen MR) is 109 cm³/mol. The van der Waals surface area contributed by atoms with Gasteiger partial charge in [-0.25, -0.2) is 9.18 Å².